The van der Waals surface area contributed by atoms with Crippen molar-refractivity contribution >= 4 is 0 Å². The Morgan fingerprint density at radius 2 is 2.29 bits per heavy atom. The third kappa shape index (κ3) is 2.11. The molecular formula is C11H16N2O4. The molecule has 0 radical (unpaired) electrons. The van der Waals surface area contributed by atoms with Crippen molar-refractivity contribution in [2.45, 2.75) is 32.3 Å². The van der Waals surface area contributed by atoms with E-state index >= 15 is 0 Å². The van der Waals surface area contributed by atoms with E-state index in [1.54, 1.807) is 26.1 Å². The average Bonchev–Trinajstić information content (AvgIpc) is 2.57. The molecule has 1 fully saturated rings. The smallest absolute Gasteiger partial charge is 0.349 e. The van der Waals surface area contributed by atoms with Crippen LogP contribution in [0.3, 0.4) is 0 Å². The Labute approximate surface area is 98.5 Å². The molecule has 0 amide bonds. The van der Waals surface area contributed by atoms with Gasteiger partial charge in [0, 0.05) is 17.8 Å². The Balaban J connectivity index is 2.32. The first kappa shape index (κ1) is 12.2. The van der Waals surface area contributed by atoms with Gasteiger partial charge in [0.15, 0.2) is 0 Å². The van der Waals surface area contributed by atoms with Gasteiger partial charge in [0.1, 0.15) is 12.3 Å². The molecule has 0 aliphatic carbocycles. The number of nitrogens with zero attached hydrogens (tertiary/aromatic N) is 2. The molecule has 6 nitrogen and oxygen atoms in total. The van der Waals surface area contributed by atoms with E-state index in [-0.39, 0.29) is 12.5 Å². The van der Waals surface area contributed by atoms with Crippen LogP contribution in [0.5, 0.6) is 0 Å². The highest BCUT2D eigenvalue weighted by Crippen LogP contribution is 2.33. The standard InChI is InChI=1S/C11H16N2O4/c1-6-3-4-13(11(16)12-6)10-7(2)9(15)8(5-14)17-10/h3-4,7-10,14-15H,5H2,1-2H3/t7?,8-,9-,10-/m1/s1. The van der Waals surface area contributed by atoms with Gasteiger partial charge in [0.25, 0.3) is 0 Å². The van der Waals surface area contributed by atoms with Crippen LogP contribution in [0.1, 0.15) is 18.8 Å². The number of aliphatic hydroxyl groups is 2. The molecule has 94 valence electrons. The molecule has 2 N–H and O–H groups in total. The van der Waals surface area contributed by atoms with E-state index in [1.165, 1.54) is 4.57 Å². The van der Waals surface area contributed by atoms with Gasteiger partial charge in [-0.25, -0.2) is 4.79 Å². The molecule has 2 heterocycles. The summed E-state index contributed by atoms with van der Waals surface area (Å²) < 4.78 is 6.81. The minimum Gasteiger partial charge on any atom is -0.394 e. The third-order valence-electron chi connectivity index (χ3n) is 3.11. The SMILES string of the molecule is Cc1ccn([C@@H]2O[C@H](CO)[C@H](O)C2C)c(=O)n1. The summed E-state index contributed by atoms with van der Waals surface area (Å²) in [7, 11) is 0. The van der Waals surface area contributed by atoms with E-state index in [0.717, 1.165) is 0 Å². The van der Waals surface area contributed by atoms with E-state index in [2.05, 4.69) is 4.98 Å². The summed E-state index contributed by atoms with van der Waals surface area (Å²) in [6, 6.07) is 1.70. The molecule has 1 aromatic rings. The molecule has 17 heavy (non-hydrogen) atoms. The van der Waals surface area contributed by atoms with Gasteiger partial charge in [-0.3, -0.25) is 4.57 Å². The van der Waals surface area contributed by atoms with Gasteiger partial charge in [-0.1, -0.05) is 6.92 Å². The van der Waals surface area contributed by atoms with Gasteiger partial charge in [0.2, 0.25) is 0 Å². The van der Waals surface area contributed by atoms with Gasteiger partial charge in [-0.05, 0) is 13.0 Å². The minimum atomic E-state index is -0.779. The normalized spacial score (nSPS) is 32.9. The topological polar surface area (TPSA) is 84.6 Å². The number of aryl methyl sites for hydroxylation is 1. The quantitative estimate of drug-likeness (QED) is 0.723. The monoisotopic (exact) mass is 240 g/mol. The maximum absolute atomic E-state index is 11.7. The average molecular weight is 240 g/mol. The van der Waals surface area contributed by atoms with E-state index in [4.69, 9.17) is 9.84 Å². The van der Waals surface area contributed by atoms with Crippen molar-refractivity contribution in [1.82, 2.24) is 9.55 Å². The Morgan fingerprint density at radius 1 is 1.59 bits per heavy atom. The summed E-state index contributed by atoms with van der Waals surface area (Å²) in [6.07, 6.45) is -0.414. The predicted octanol–water partition coefficient (Wildman–Crippen LogP) is -0.562. The number of ether oxygens (including phenoxy) is 1. The summed E-state index contributed by atoms with van der Waals surface area (Å²) >= 11 is 0. The summed E-state index contributed by atoms with van der Waals surface area (Å²) in [5.41, 5.74) is 0.226. The minimum absolute atomic E-state index is 0.268. The summed E-state index contributed by atoms with van der Waals surface area (Å²) in [4.78, 5) is 15.5. The Kier molecular flexibility index (Phi) is 3.28. The molecule has 1 saturated heterocycles. The summed E-state index contributed by atoms with van der Waals surface area (Å²) in [5.74, 6) is -0.269. The second-order valence-electron chi connectivity index (χ2n) is 4.36. The van der Waals surface area contributed by atoms with Gasteiger partial charge in [0.05, 0.1) is 12.7 Å². The zero-order valence-corrected chi connectivity index (χ0v) is 9.78. The second kappa shape index (κ2) is 4.56. The van der Waals surface area contributed by atoms with Crippen LogP contribution in [0.15, 0.2) is 17.1 Å². The van der Waals surface area contributed by atoms with Crippen LogP contribution in [-0.4, -0.2) is 38.6 Å². The molecule has 1 aliphatic rings. The highest BCUT2D eigenvalue weighted by atomic mass is 16.5. The largest absolute Gasteiger partial charge is 0.394 e. The molecule has 0 saturated carbocycles. The van der Waals surface area contributed by atoms with Crippen molar-refractivity contribution < 1.29 is 14.9 Å². The summed E-state index contributed by atoms with van der Waals surface area (Å²) in [6.45, 7) is 3.24. The molecule has 4 atom stereocenters. The lowest BCUT2D eigenvalue weighted by molar-refractivity contribution is -0.0476. The van der Waals surface area contributed by atoms with Gasteiger partial charge < -0.3 is 14.9 Å². The fourth-order valence-corrected chi connectivity index (χ4v) is 2.05. The number of hydrogen-bond donors (Lipinski definition) is 2. The molecule has 1 unspecified atom stereocenters. The van der Waals surface area contributed by atoms with Gasteiger partial charge in [-0.15, -0.1) is 0 Å². The zero-order chi connectivity index (χ0) is 12.6. The Morgan fingerprint density at radius 3 is 2.82 bits per heavy atom. The molecule has 2 rings (SSSR count). The van der Waals surface area contributed by atoms with Crippen LogP contribution >= 0.6 is 0 Å². The first-order valence-electron chi connectivity index (χ1n) is 5.54. The molecule has 0 bridgehead atoms. The number of rotatable bonds is 2. The maximum Gasteiger partial charge on any atom is 0.349 e. The zero-order valence-electron chi connectivity index (χ0n) is 9.78. The van der Waals surface area contributed by atoms with Crippen LogP contribution in [0.4, 0.5) is 0 Å². The maximum atomic E-state index is 11.7. The van der Waals surface area contributed by atoms with Gasteiger partial charge >= 0.3 is 5.69 Å². The van der Waals surface area contributed by atoms with Crippen LogP contribution in [0.2, 0.25) is 0 Å². The fraction of sp³-hybridized carbons (Fsp3) is 0.636. The Bertz CT molecular complexity index is 459. The molecule has 1 aliphatic heterocycles. The van der Waals surface area contributed by atoms with Crippen LogP contribution in [-0.2, 0) is 4.74 Å². The van der Waals surface area contributed by atoms with Crippen LogP contribution < -0.4 is 5.69 Å². The van der Waals surface area contributed by atoms with E-state index in [1.807, 2.05) is 0 Å². The molecule has 1 aromatic heterocycles. The molecule has 0 aromatic carbocycles. The first-order valence-corrected chi connectivity index (χ1v) is 5.54. The number of hydrogen-bond acceptors (Lipinski definition) is 5. The third-order valence-corrected chi connectivity index (χ3v) is 3.11. The number of aliphatic hydroxyl groups excluding tert-OH is 2. The lowest BCUT2D eigenvalue weighted by Crippen LogP contribution is -2.30. The van der Waals surface area contributed by atoms with Crippen molar-refractivity contribution in [3.8, 4) is 0 Å². The van der Waals surface area contributed by atoms with Crippen LogP contribution in [0.25, 0.3) is 0 Å². The first-order chi connectivity index (χ1) is 8.04. The van der Waals surface area contributed by atoms with Crippen molar-refractivity contribution in [3.63, 3.8) is 0 Å². The van der Waals surface area contributed by atoms with Crippen LogP contribution in [0, 0.1) is 12.8 Å². The lowest BCUT2D eigenvalue weighted by atomic mass is 10.0. The van der Waals surface area contributed by atoms with E-state index < -0.39 is 24.1 Å². The van der Waals surface area contributed by atoms with E-state index in [0.29, 0.717) is 5.69 Å². The molecule has 6 heteroatoms. The van der Waals surface area contributed by atoms with E-state index in [9.17, 15) is 9.90 Å². The molecule has 0 spiro atoms. The molecular weight excluding hydrogens is 224 g/mol. The van der Waals surface area contributed by atoms with Crippen molar-refractivity contribution in [1.29, 1.82) is 0 Å². The van der Waals surface area contributed by atoms with Gasteiger partial charge in [-0.2, -0.15) is 4.98 Å². The van der Waals surface area contributed by atoms with Crippen molar-refractivity contribution in [2.24, 2.45) is 5.92 Å². The highest BCUT2D eigenvalue weighted by molar-refractivity contribution is 4.98. The Hall–Kier alpha value is -1.24. The summed E-state index contributed by atoms with van der Waals surface area (Å²) in [5, 5.41) is 18.9. The number of aromatic nitrogens is 2. The van der Waals surface area contributed by atoms with Crippen molar-refractivity contribution in [3.05, 3.63) is 28.4 Å². The van der Waals surface area contributed by atoms with Crippen molar-refractivity contribution in [2.75, 3.05) is 6.61 Å². The fourth-order valence-electron chi connectivity index (χ4n) is 2.05. The second-order valence-corrected chi connectivity index (χ2v) is 4.36. The highest BCUT2D eigenvalue weighted by Gasteiger charge is 2.41. The predicted molar refractivity (Wildman–Crippen MR) is 59.4 cm³/mol. The lowest BCUT2D eigenvalue weighted by Gasteiger charge is -2.17.